The Labute approximate surface area is 150 Å². The van der Waals surface area contributed by atoms with Crippen LogP contribution in [0, 0.1) is 23.0 Å². The fourth-order valence-corrected chi connectivity index (χ4v) is 2.59. The Balaban J connectivity index is 1.88. The van der Waals surface area contributed by atoms with Crippen molar-refractivity contribution in [1.82, 2.24) is 24.7 Å². The molecule has 1 aromatic carbocycles. The fourth-order valence-electron chi connectivity index (χ4n) is 2.59. The summed E-state index contributed by atoms with van der Waals surface area (Å²) in [6, 6.07) is 7.43. The third-order valence-electron chi connectivity index (χ3n) is 3.77. The quantitative estimate of drug-likeness (QED) is 0.574. The molecule has 0 spiro atoms. The zero-order chi connectivity index (χ0) is 19.0. The second-order valence-electron chi connectivity index (χ2n) is 5.49. The molecule has 0 bridgehead atoms. The number of nitrogens with zero attached hydrogens (tertiary/aromatic N) is 6. The van der Waals surface area contributed by atoms with Gasteiger partial charge in [0.15, 0.2) is 5.82 Å². The molecule has 4 rings (SSSR count). The predicted octanol–water partition coefficient (Wildman–Crippen LogP) is 2.69. The van der Waals surface area contributed by atoms with E-state index in [4.69, 9.17) is 5.73 Å². The molecule has 8 nitrogen and oxygen atoms in total. The van der Waals surface area contributed by atoms with Crippen LogP contribution in [0.15, 0.2) is 43.0 Å². The largest absolute Gasteiger partial charge is 0.384 e. The number of anilines is 3. The van der Waals surface area contributed by atoms with Crippen LogP contribution in [0.4, 0.5) is 26.2 Å². The molecule has 0 aliphatic rings. The van der Waals surface area contributed by atoms with E-state index in [1.165, 1.54) is 36.8 Å². The van der Waals surface area contributed by atoms with Gasteiger partial charge in [0.1, 0.15) is 46.9 Å². The number of fused-ring (bicyclic) bond motifs is 1. The Morgan fingerprint density at radius 1 is 1.15 bits per heavy atom. The molecule has 0 radical (unpaired) electrons. The van der Waals surface area contributed by atoms with Gasteiger partial charge in [0.2, 0.25) is 0 Å². The summed E-state index contributed by atoms with van der Waals surface area (Å²) in [5.74, 6) is -0.518. The maximum atomic E-state index is 14.3. The van der Waals surface area contributed by atoms with Crippen LogP contribution in [0.3, 0.4) is 0 Å². The first-order valence-corrected chi connectivity index (χ1v) is 7.64. The monoisotopic (exact) mass is 364 g/mol. The highest BCUT2D eigenvalue weighted by Crippen LogP contribution is 2.28. The van der Waals surface area contributed by atoms with E-state index in [0.717, 1.165) is 10.9 Å². The third kappa shape index (κ3) is 2.87. The first kappa shape index (κ1) is 16.3. The fraction of sp³-hybridized carbons (Fsp3) is 0. The summed E-state index contributed by atoms with van der Waals surface area (Å²) in [4.78, 5) is 11.8. The van der Waals surface area contributed by atoms with Gasteiger partial charge < -0.3 is 11.1 Å². The van der Waals surface area contributed by atoms with Gasteiger partial charge in [0.25, 0.3) is 0 Å². The zero-order valence-corrected chi connectivity index (χ0v) is 13.6. The molecule has 0 unspecified atom stereocenters. The van der Waals surface area contributed by atoms with Gasteiger partial charge in [-0.3, -0.25) is 0 Å². The molecule has 0 saturated heterocycles. The molecule has 0 amide bonds. The van der Waals surface area contributed by atoms with Crippen molar-refractivity contribution >= 4 is 28.4 Å². The van der Waals surface area contributed by atoms with E-state index in [1.807, 2.05) is 6.07 Å². The summed E-state index contributed by atoms with van der Waals surface area (Å²) in [5.41, 5.74) is 5.57. The molecule has 10 heteroatoms. The van der Waals surface area contributed by atoms with Crippen molar-refractivity contribution in [3.63, 3.8) is 0 Å². The van der Waals surface area contributed by atoms with Gasteiger partial charge in [-0.1, -0.05) is 6.07 Å². The molecule has 132 valence electrons. The van der Waals surface area contributed by atoms with Crippen LogP contribution in [-0.2, 0) is 0 Å². The number of nitrogens with one attached hydrogen (secondary N) is 1. The summed E-state index contributed by atoms with van der Waals surface area (Å²) < 4.78 is 29.6. The molecule has 27 heavy (non-hydrogen) atoms. The number of para-hydroxylation sites is 1. The van der Waals surface area contributed by atoms with E-state index in [0.29, 0.717) is 5.82 Å². The highest BCUT2D eigenvalue weighted by atomic mass is 19.1. The van der Waals surface area contributed by atoms with Crippen molar-refractivity contribution in [2.45, 2.75) is 0 Å². The number of nitrogen functional groups attached to an aromatic ring is 1. The van der Waals surface area contributed by atoms with Crippen molar-refractivity contribution in [2.24, 2.45) is 0 Å². The SMILES string of the molecule is N#Cc1cccc(F)c1-n1cc2c(Nc3cc(N)ncn3)ncc(F)c2n1. The summed E-state index contributed by atoms with van der Waals surface area (Å²) in [5, 5.41) is 16.5. The molecule has 3 N–H and O–H groups in total. The minimum absolute atomic E-state index is 0.0401. The maximum absolute atomic E-state index is 14.3. The molecule has 3 aromatic heterocycles. The number of aromatic nitrogens is 5. The van der Waals surface area contributed by atoms with Gasteiger partial charge in [-0.2, -0.15) is 10.4 Å². The van der Waals surface area contributed by atoms with E-state index in [9.17, 15) is 14.0 Å². The van der Waals surface area contributed by atoms with Crippen LogP contribution < -0.4 is 11.1 Å². The van der Waals surface area contributed by atoms with E-state index in [-0.39, 0.29) is 33.8 Å². The van der Waals surface area contributed by atoms with Crippen LogP contribution in [-0.4, -0.2) is 24.7 Å². The van der Waals surface area contributed by atoms with Crippen molar-refractivity contribution in [3.05, 3.63) is 60.2 Å². The Hall–Kier alpha value is -4.13. The number of pyridine rings is 1. The molecular formula is C17H10F2N8. The lowest BCUT2D eigenvalue weighted by Crippen LogP contribution is -2.01. The van der Waals surface area contributed by atoms with E-state index >= 15 is 0 Å². The second kappa shape index (κ2) is 6.30. The lowest BCUT2D eigenvalue weighted by molar-refractivity contribution is 0.608. The molecular weight excluding hydrogens is 354 g/mol. The van der Waals surface area contributed by atoms with Gasteiger partial charge in [-0.05, 0) is 12.1 Å². The highest BCUT2D eigenvalue weighted by Gasteiger charge is 2.17. The average molecular weight is 364 g/mol. The molecule has 3 heterocycles. The molecule has 0 aliphatic heterocycles. The van der Waals surface area contributed by atoms with Crippen molar-refractivity contribution in [2.75, 3.05) is 11.1 Å². The van der Waals surface area contributed by atoms with Crippen molar-refractivity contribution in [1.29, 1.82) is 5.26 Å². The number of rotatable bonds is 3. The Kier molecular flexibility index (Phi) is 3.82. The van der Waals surface area contributed by atoms with Crippen LogP contribution in [0.2, 0.25) is 0 Å². The zero-order valence-electron chi connectivity index (χ0n) is 13.6. The van der Waals surface area contributed by atoms with E-state index in [2.05, 4.69) is 25.4 Å². The summed E-state index contributed by atoms with van der Waals surface area (Å²) in [6.07, 6.45) is 3.64. The topological polar surface area (TPSA) is 118 Å². The normalized spacial score (nSPS) is 10.7. The van der Waals surface area contributed by atoms with Gasteiger partial charge in [0, 0.05) is 12.3 Å². The average Bonchev–Trinajstić information content (AvgIpc) is 3.10. The molecule has 0 fully saturated rings. The number of nitrogens with two attached hydrogens (primary N) is 1. The van der Waals surface area contributed by atoms with Crippen LogP contribution in [0.25, 0.3) is 16.6 Å². The summed E-state index contributed by atoms with van der Waals surface area (Å²) in [7, 11) is 0. The van der Waals surface area contributed by atoms with Crippen LogP contribution in [0.5, 0.6) is 0 Å². The Morgan fingerprint density at radius 3 is 2.78 bits per heavy atom. The van der Waals surface area contributed by atoms with E-state index < -0.39 is 11.6 Å². The van der Waals surface area contributed by atoms with Crippen LogP contribution in [0.1, 0.15) is 5.56 Å². The van der Waals surface area contributed by atoms with Crippen LogP contribution >= 0.6 is 0 Å². The van der Waals surface area contributed by atoms with Gasteiger partial charge >= 0.3 is 0 Å². The van der Waals surface area contributed by atoms with Crippen molar-refractivity contribution < 1.29 is 8.78 Å². The lowest BCUT2D eigenvalue weighted by Gasteiger charge is -2.05. The number of hydrogen-bond acceptors (Lipinski definition) is 7. The maximum Gasteiger partial charge on any atom is 0.169 e. The number of benzene rings is 1. The number of nitriles is 1. The molecule has 4 aromatic rings. The second-order valence-corrected chi connectivity index (χ2v) is 5.49. The lowest BCUT2D eigenvalue weighted by atomic mass is 10.2. The Bertz CT molecular complexity index is 1210. The molecule has 0 saturated carbocycles. The number of hydrogen-bond donors (Lipinski definition) is 2. The predicted molar refractivity (Wildman–Crippen MR) is 93.2 cm³/mol. The third-order valence-corrected chi connectivity index (χ3v) is 3.77. The smallest absolute Gasteiger partial charge is 0.169 e. The van der Waals surface area contributed by atoms with Crippen molar-refractivity contribution in [3.8, 4) is 11.8 Å². The minimum Gasteiger partial charge on any atom is -0.384 e. The first-order chi connectivity index (χ1) is 13.1. The van der Waals surface area contributed by atoms with E-state index in [1.54, 1.807) is 0 Å². The highest BCUT2D eigenvalue weighted by molar-refractivity contribution is 5.91. The molecule has 0 aliphatic carbocycles. The van der Waals surface area contributed by atoms with Gasteiger partial charge in [-0.25, -0.2) is 28.4 Å². The standard InChI is InChI=1S/C17H10F2N8/c18-11-3-1-2-9(5-20)16(11)27-7-10-15(26-27)12(19)6-22-17(10)25-14-4-13(21)23-8-24-14/h1-4,6-8H,(H3,21,22,23,24,25). The minimum atomic E-state index is -0.689. The molecule has 0 atom stereocenters. The summed E-state index contributed by atoms with van der Waals surface area (Å²) >= 11 is 0. The number of halogens is 2. The van der Waals surface area contributed by atoms with Gasteiger partial charge in [-0.15, -0.1) is 0 Å². The van der Waals surface area contributed by atoms with Gasteiger partial charge in [0.05, 0.1) is 17.1 Å². The Morgan fingerprint density at radius 2 is 2.00 bits per heavy atom. The summed E-state index contributed by atoms with van der Waals surface area (Å²) in [6.45, 7) is 0. The first-order valence-electron chi connectivity index (χ1n) is 7.64.